The quantitative estimate of drug-likeness (QED) is 0.749. The van der Waals surface area contributed by atoms with E-state index in [1.165, 1.54) is 12.8 Å². The molecule has 0 aromatic heterocycles. The fourth-order valence-electron chi connectivity index (χ4n) is 5.45. The van der Waals surface area contributed by atoms with Gasteiger partial charge in [-0.1, -0.05) is 12.8 Å². The van der Waals surface area contributed by atoms with E-state index in [0.717, 1.165) is 58.3 Å². The number of amides is 2. The number of piperidine rings is 1. The SMILES string of the molecule is CCOC(=O)N1CC[C@H](N2CCC(N3C(=O)CO[C@H]4CCCC[C@@H]43)CC2)C1. The number of hydrogen-bond acceptors (Lipinski definition) is 5. The van der Waals surface area contributed by atoms with Gasteiger partial charge in [-0.3, -0.25) is 9.69 Å². The second kappa shape index (κ2) is 8.35. The molecule has 0 unspecified atom stereocenters. The molecule has 1 aliphatic carbocycles. The van der Waals surface area contributed by atoms with Crippen molar-refractivity contribution in [3.05, 3.63) is 0 Å². The predicted octanol–water partition coefficient (Wildman–Crippen LogP) is 1.85. The van der Waals surface area contributed by atoms with E-state index in [1.54, 1.807) is 0 Å². The minimum Gasteiger partial charge on any atom is -0.450 e. The number of ether oxygens (including phenoxy) is 2. The summed E-state index contributed by atoms with van der Waals surface area (Å²) in [6, 6.07) is 1.08. The van der Waals surface area contributed by atoms with Crippen LogP contribution in [-0.2, 0) is 14.3 Å². The summed E-state index contributed by atoms with van der Waals surface area (Å²) in [6.07, 6.45) is 7.77. The van der Waals surface area contributed by atoms with Crippen molar-refractivity contribution in [3.63, 3.8) is 0 Å². The molecule has 4 fully saturated rings. The molecule has 27 heavy (non-hydrogen) atoms. The number of carbonyl (C=O) groups is 2. The second-order valence-corrected chi connectivity index (χ2v) is 8.36. The number of hydrogen-bond donors (Lipinski definition) is 0. The Bertz CT molecular complexity index is 549. The Labute approximate surface area is 161 Å². The van der Waals surface area contributed by atoms with Crippen LogP contribution in [0.15, 0.2) is 0 Å². The van der Waals surface area contributed by atoms with Crippen LogP contribution in [0.2, 0.25) is 0 Å². The highest BCUT2D eigenvalue weighted by molar-refractivity contribution is 5.79. The Morgan fingerprint density at radius 1 is 1.07 bits per heavy atom. The summed E-state index contributed by atoms with van der Waals surface area (Å²) in [6.45, 7) is 6.11. The molecule has 0 aromatic carbocycles. The van der Waals surface area contributed by atoms with Gasteiger partial charge in [-0.25, -0.2) is 4.79 Å². The third-order valence-corrected chi connectivity index (χ3v) is 6.83. The molecular weight excluding hydrogens is 346 g/mol. The van der Waals surface area contributed by atoms with Gasteiger partial charge in [0.15, 0.2) is 0 Å². The molecule has 0 bridgehead atoms. The first-order valence-electron chi connectivity index (χ1n) is 10.8. The molecule has 4 aliphatic rings. The molecule has 3 saturated heterocycles. The van der Waals surface area contributed by atoms with Crippen molar-refractivity contribution in [2.24, 2.45) is 0 Å². The molecule has 0 spiro atoms. The summed E-state index contributed by atoms with van der Waals surface area (Å²) in [4.78, 5) is 31.1. The van der Waals surface area contributed by atoms with Gasteiger partial charge in [0.1, 0.15) is 6.61 Å². The van der Waals surface area contributed by atoms with E-state index in [0.29, 0.717) is 24.7 Å². The van der Waals surface area contributed by atoms with E-state index in [1.807, 2.05) is 11.8 Å². The normalized spacial score (nSPS) is 33.2. The number of nitrogens with zero attached hydrogens (tertiary/aromatic N) is 3. The zero-order chi connectivity index (χ0) is 18.8. The maximum Gasteiger partial charge on any atom is 0.409 e. The minimum atomic E-state index is -0.183. The van der Waals surface area contributed by atoms with Crippen molar-refractivity contribution in [1.82, 2.24) is 14.7 Å². The third-order valence-electron chi connectivity index (χ3n) is 6.83. The maximum absolute atomic E-state index is 12.6. The van der Waals surface area contributed by atoms with Crippen molar-refractivity contribution >= 4 is 12.0 Å². The van der Waals surface area contributed by atoms with Crippen molar-refractivity contribution in [2.45, 2.75) is 76.1 Å². The molecule has 4 rings (SSSR count). The summed E-state index contributed by atoms with van der Waals surface area (Å²) in [7, 11) is 0. The highest BCUT2D eigenvalue weighted by Gasteiger charge is 2.43. The van der Waals surface area contributed by atoms with Crippen LogP contribution in [0, 0.1) is 0 Å². The van der Waals surface area contributed by atoms with Gasteiger partial charge in [-0.05, 0) is 39.0 Å². The molecule has 2 amide bonds. The van der Waals surface area contributed by atoms with E-state index in [9.17, 15) is 9.59 Å². The molecule has 3 heterocycles. The fraction of sp³-hybridized carbons (Fsp3) is 0.900. The minimum absolute atomic E-state index is 0.183. The maximum atomic E-state index is 12.6. The standard InChI is InChI=1S/C20H33N3O4/c1-2-26-20(25)22-12-9-16(13-22)21-10-7-15(8-11-21)23-17-5-3-4-6-18(17)27-14-19(23)24/h15-18H,2-14H2,1H3/t16-,17-,18-/m0/s1. The number of likely N-dealkylation sites (tertiary alicyclic amines) is 2. The number of rotatable bonds is 3. The average molecular weight is 380 g/mol. The van der Waals surface area contributed by atoms with E-state index < -0.39 is 0 Å². The molecule has 7 heteroatoms. The van der Waals surface area contributed by atoms with Crippen LogP contribution in [0.25, 0.3) is 0 Å². The van der Waals surface area contributed by atoms with Gasteiger partial charge in [0.05, 0.1) is 18.8 Å². The van der Waals surface area contributed by atoms with Gasteiger partial charge in [0.2, 0.25) is 5.91 Å². The molecular formula is C20H33N3O4. The topological polar surface area (TPSA) is 62.3 Å². The molecule has 3 aliphatic heterocycles. The van der Waals surface area contributed by atoms with E-state index in [2.05, 4.69) is 9.80 Å². The lowest BCUT2D eigenvalue weighted by Gasteiger charge is -2.49. The first-order valence-corrected chi connectivity index (χ1v) is 10.8. The lowest BCUT2D eigenvalue weighted by Crippen LogP contribution is -2.61. The number of carbonyl (C=O) groups excluding carboxylic acids is 2. The predicted molar refractivity (Wildman–Crippen MR) is 100 cm³/mol. The van der Waals surface area contributed by atoms with Crippen LogP contribution in [-0.4, -0.2) is 90.3 Å². The Hall–Kier alpha value is -1.34. The zero-order valence-electron chi connectivity index (χ0n) is 16.5. The van der Waals surface area contributed by atoms with Crippen molar-refractivity contribution < 1.29 is 19.1 Å². The van der Waals surface area contributed by atoms with Crippen LogP contribution in [0.4, 0.5) is 4.79 Å². The van der Waals surface area contributed by atoms with E-state index in [-0.39, 0.29) is 24.7 Å². The molecule has 0 aromatic rings. The first kappa shape index (κ1) is 19.0. The Kier molecular flexibility index (Phi) is 5.88. The van der Waals surface area contributed by atoms with Crippen LogP contribution in [0.3, 0.4) is 0 Å². The highest BCUT2D eigenvalue weighted by Crippen LogP contribution is 2.33. The number of fused-ring (bicyclic) bond motifs is 1. The summed E-state index contributed by atoms with van der Waals surface area (Å²) < 4.78 is 11.0. The Morgan fingerprint density at radius 3 is 2.59 bits per heavy atom. The van der Waals surface area contributed by atoms with Crippen LogP contribution in [0.1, 0.15) is 51.9 Å². The lowest BCUT2D eigenvalue weighted by molar-refractivity contribution is -0.167. The Balaban J connectivity index is 1.31. The molecule has 0 N–H and O–H groups in total. The Morgan fingerprint density at radius 2 is 1.81 bits per heavy atom. The van der Waals surface area contributed by atoms with E-state index >= 15 is 0 Å². The summed E-state index contributed by atoms with van der Waals surface area (Å²) in [5.74, 6) is 0.186. The number of morpholine rings is 1. The summed E-state index contributed by atoms with van der Waals surface area (Å²) >= 11 is 0. The van der Waals surface area contributed by atoms with Crippen LogP contribution < -0.4 is 0 Å². The molecule has 1 saturated carbocycles. The van der Waals surface area contributed by atoms with Crippen molar-refractivity contribution in [1.29, 1.82) is 0 Å². The summed E-state index contributed by atoms with van der Waals surface area (Å²) in [5.41, 5.74) is 0. The lowest BCUT2D eigenvalue weighted by atomic mass is 9.87. The molecule has 7 nitrogen and oxygen atoms in total. The van der Waals surface area contributed by atoms with Gasteiger partial charge in [0.25, 0.3) is 0 Å². The zero-order valence-corrected chi connectivity index (χ0v) is 16.5. The van der Waals surface area contributed by atoms with Gasteiger partial charge in [0, 0.05) is 38.3 Å². The largest absolute Gasteiger partial charge is 0.450 e. The average Bonchev–Trinajstić information content (AvgIpc) is 3.19. The molecule has 0 radical (unpaired) electrons. The third kappa shape index (κ3) is 3.94. The highest BCUT2D eigenvalue weighted by atomic mass is 16.6. The van der Waals surface area contributed by atoms with Gasteiger partial charge >= 0.3 is 6.09 Å². The van der Waals surface area contributed by atoms with Crippen LogP contribution in [0.5, 0.6) is 0 Å². The molecule has 3 atom stereocenters. The van der Waals surface area contributed by atoms with E-state index in [4.69, 9.17) is 9.47 Å². The van der Waals surface area contributed by atoms with Gasteiger partial charge in [-0.2, -0.15) is 0 Å². The second-order valence-electron chi connectivity index (χ2n) is 8.36. The molecule has 152 valence electrons. The van der Waals surface area contributed by atoms with Crippen LogP contribution >= 0.6 is 0 Å². The van der Waals surface area contributed by atoms with Gasteiger partial charge < -0.3 is 19.3 Å². The van der Waals surface area contributed by atoms with Crippen molar-refractivity contribution in [3.8, 4) is 0 Å². The first-order chi connectivity index (χ1) is 13.2. The van der Waals surface area contributed by atoms with Crippen molar-refractivity contribution in [2.75, 3.05) is 39.4 Å². The smallest absolute Gasteiger partial charge is 0.409 e. The fourth-order valence-corrected chi connectivity index (χ4v) is 5.45. The van der Waals surface area contributed by atoms with Gasteiger partial charge in [-0.15, -0.1) is 0 Å². The summed E-state index contributed by atoms with van der Waals surface area (Å²) in [5, 5.41) is 0. The monoisotopic (exact) mass is 379 g/mol.